The Morgan fingerprint density at radius 2 is 1.78 bits per heavy atom. The Hall–Kier alpha value is -1.38. The van der Waals surface area contributed by atoms with Crippen LogP contribution in [0.1, 0.15) is 18.1 Å². The first kappa shape index (κ1) is 13.1. The van der Waals surface area contributed by atoms with Crippen molar-refractivity contribution in [3.05, 3.63) is 64.9 Å². The molecule has 0 unspecified atom stereocenters. The van der Waals surface area contributed by atoms with Crippen molar-refractivity contribution in [3.63, 3.8) is 0 Å². The molecule has 3 heteroatoms. The van der Waals surface area contributed by atoms with Crippen molar-refractivity contribution in [2.24, 2.45) is 0 Å². The number of aromatic nitrogens is 1. The Morgan fingerprint density at radius 3 is 2.44 bits per heavy atom. The van der Waals surface area contributed by atoms with Gasteiger partial charge in [-0.25, -0.2) is 0 Å². The van der Waals surface area contributed by atoms with Gasteiger partial charge in [0.1, 0.15) is 0 Å². The van der Waals surface area contributed by atoms with Gasteiger partial charge in [0.15, 0.2) is 0 Å². The number of hydrogen-bond donors (Lipinski definition) is 0. The van der Waals surface area contributed by atoms with E-state index in [-0.39, 0.29) is 0 Å². The average molecular weight is 261 g/mol. The number of hydrogen-bond acceptors (Lipinski definition) is 2. The fourth-order valence-electron chi connectivity index (χ4n) is 1.89. The minimum absolute atomic E-state index is 0.839. The normalized spacial score (nSPS) is 10.8. The minimum atomic E-state index is 0.839. The standard InChI is InChI=1S/C15H17ClN2/c1-2-18(11-13-7-9-17-10-8-13)12-14-5-3-4-6-15(14)16/h3-10H,2,11-12H2,1H3. The SMILES string of the molecule is CCN(Cc1ccncc1)Cc1ccccc1Cl. The van der Waals surface area contributed by atoms with E-state index in [1.54, 1.807) is 0 Å². The number of benzene rings is 1. The van der Waals surface area contributed by atoms with Gasteiger partial charge in [-0.1, -0.05) is 36.7 Å². The van der Waals surface area contributed by atoms with E-state index < -0.39 is 0 Å². The van der Waals surface area contributed by atoms with Crippen molar-refractivity contribution < 1.29 is 0 Å². The van der Waals surface area contributed by atoms with Crippen LogP contribution in [0.3, 0.4) is 0 Å². The molecule has 0 atom stereocenters. The predicted molar refractivity (Wildman–Crippen MR) is 75.5 cm³/mol. The Labute approximate surface area is 113 Å². The molecule has 1 heterocycles. The molecule has 0 aliphatic heterocycles. The summed E-state index contributed by atoms with van der Waals surface area (Å²) in [4.78, 5) is 6.39. The van der Waals surface area contributed by atoms with Crippen LogP contribution in [0, 0.1) is 0 Å². The lowest BCUT2D eigenvalue weighted by atomic mass is 10.2. The van der Waals surface area contributed by atoms with E-state index in [2.05, 4.69) is 35.0 Å². The number of nitrogens with zero attached hydrogens (tertiary/aromatic N) is 2. The van der Waals surface area contributed by atoms with E-state index in [4.69, 9.17) is 11.6 Å². The predicted octanol–water partition coefficient (Wildman–Crippen LogP) is 3.76. The summed E-state index contributed by atoms with van der Waals surface area (Å²) in [6, 6.07) is 12.1. The van der Waals surface area contributed by atoms with Gasteiger partial charge >= 0.3 is 0 Å². The minimum Gasteiger partial charge on any atom is -0.295 e. The summed E-state index contributed by atoms with van der Waals surface area (Å²) in [5, 5.41) is 0.839. The third-order valence-corrected chi connectivity index (χ3v) is 3.32. The van der Waals surface area contributed by atoms with Crippen LogP contribution in [-0.4, -0.2) is 16.4 Å². The maximum atomic E-state index is 6.19. The zero-order valence-electron chi connectivity index (χ0n) is 10.5. The summed E-state index contributed by atoms with van der Waals surface area (Å²) in [6.07, 6.45) is 3.66. The quantitative estimate of drug-likeness (QED) is 0.814. The van der Waals surface area contributed by atoms with E-state index in [9.17, 15) is 0 Å². The summed E-state index contributed by atoms with van der Waals surface area (Å²) in [6.45, 7) is 4.95. The topological polar surface area (TPSA) is 16.1 Å². The van der Waals surface area contributed by atoms with Crippen LogP contribution >= 0.6 is 11.6 Å². The van der Waals surface area contributed by atoms with Crippen LogP contribution < -0.4 is 0 Å². The van der Waals surface area contributed by atoms with E-state index >= 15 is 0 Å². The van der Waals surface area contributed by atoms with Crippen LogP contribution in [0.5, 0.6) is 0 Å². The van der Waals surface area contributed by atoms with Gasteiger partial charge in [-0.2, -0.15) is 0 Å². The number of rotatable bonds is 5. The van der Waals surface area contributed by atoms with Crippen molar-refractivity contribution in [3.8, 4) is 0 Å². The molecule has 0 spiro atoms. The molecule has 2 nitrogen and oxygen atoms in total. The van der Waals surface area contributed by atoms with Gasteiger partial charge in [0.25, 0.3) is 0 Å². The largest absolute Gasteiger partial charge is 0.295 e. The van der Waals surface area contributed by atoms with Crippen molar-refractivity contribution in [1.82, 2.24) is 9.88 Å². The Balaban J connectivity index is 2.04. The lowest BCUT2D eigenvalue weighted by Gasteiger charge is -2.21. The van der Waals surface area contributed by atoms with Crippen molar-refractivity contribution in [2.75, 3.05) is 6.54 Å². The van der Waals surface area contributed by atoms with Crippen LogP contribution in [0.25, 0.3) is 0 Å². The molecule has 0 fully saturated rings. The van der Waals surface area contributed by atoms with Gasteiger partial charge in [-0.15, -0.1) is 0 Å². The van der Waals surface area contributed by atoms with E-state index in [1.165, 1.54) is 11.1 Å². The van der Waals surface area contributed by atoms with Crippen LogP contribution in [0.4, 0.5) is 0 Å². The Bertz CT molecular complexity index is 485. The molecule has 18 heavy (non-hydrogen) atoms. The van der Waals surface area contributed by atoms with Crippen molar-refractivity contribution in [2.45, 2.75) is 20.0 Å². The van der Waals surface area contributed by atoms with E-state index in [0.29, 0.717) is 0 Å². The highest BCUT2D eigenvalue weighted by Crippen LogP contribution is 2.18. The van der Waals surface area contributed by atoms with E-state index in [0.717, 1.165) is 24.7 Å². The second-order valence-electron chi connectivity index (χ2n) is 4.25. The second kappa shape index (κ2) is 6.53. The molecule has 94 valence electrons. The molecule has 1 aromatic heterocycles. The Morgan fingerprint density at radius 1 is 1.06 bits per heavy atom. The van der Waals surface area contributed by atoms with Gasteiger partial charge in [0.2, 0.25) is 0 Å². The monoisotopic (exact) mass is 260 g/mol. The molecule has 0 bridgehead atoms. The summed E-state index contributed by atoms with van der Waals surface area (Å²) in [7, 11) is 0. The summed E-state index contributed by atoms with van der Waals surface area (Å²) >= 11 is 6.19. The van der Waals surface area contributed by atoms with Gasteiger partial charge in [-0.3, -0.25) is 9.88 Å². The first-order valence-electron chi connectivity index (χ1n) is 6.14. The van der Waals surface area contributed by atoms with E-state index in [1.807, 2.05) is 30.6 Å². The maximum absolute atomic E-state index is 6.19. The van der Waals surface area contributed by atoms with Crippen LogP contribution in [0.2, 0.25) is 5.02 Å². The molecule has 0 radical (unpaired) electrons. The molecule has 0 aliphatic carbocycles. The molecule has 0 saturated carbocycles. The molecule has 1 aromatic carbocycles. The fraction of sp³-hybridized carbons (Fsp3) is 0.267. The maximum Gasteiger partial charge on any atom is 0.0451 e. The Kier molecular flexibility index (Phi) is 4.73. The lowest BCUT2D eigenvalue weighted by Crippen LogP contribution is -2.22. The molecule has 0 saturated heterocycles. The molecule has 2 aromatic rings. The fourth-order valence-corrected chi connectivity index (χ4v) is 2.09. The summed E-state index contributed by atoms with van der Waals surface area (Å²) in [5.74, 6) is 0. The zero-order valence-corrected chi connectivity index (χ0v) is 11.3. The lowest BCUT2D eigenvalue weighted by molar-refractivity contribution is 0.271. The van der Waals surface area contributed by atoms with Gasteiger partial charge in [-0.05, 0) is 35.9 Å². The third-order valence-electron chi connectivity index (χ3n) is 2.95. The number of halogens is 1. The second-order valence-corrected chi connectivity index (χ2v) is 4.66. The zero-order chi connectivity index (χ0) is 12.8. The first-order valence-corrected chi connectivity index (χ1v) is 6.52. The molecular weight excluding hydrogens is 244 g/mol. The summed E-state index contributed by atoms with van der Waals surface area (Å²) in [5.41, 5.74) is 2.45. The molecular formula is C15H17ClN2. The molecule has 0 N–H and O–H groups in total. The van der Waals surface area contributed by atoms with Crippen LogP contribution in [-0.2, 0) is 13.1 Å². The highest BCUT2D eigenvalue weighted by Gasteiger charge is 2.07. The van der Waals surface area contributed by atoms with Gasteiger partial charge < -0.3 is 0 Å². The van der Waals surface area contributed by atoms with Gasteiger partial charge in [0.05, 0.1) is 0 Å². The molecule has 0 amide bonds. The average Bonchev–Trinajstić information content (AvgIpc) is 2.41. The van der Waals surface area contributed by atoms with Crippen molar-refractivity contribution >= 4 is 11.6 Å². The number of pyridine rings is 1. The summed E-state index contributed by atoms with van der Waals surface area (Å²) < 4.78 is 0. The van der Waals surface area contributed by atoms with Crippen molar-refractivity contribution in [1.29, 1.82) is 0 Å². The smallest absolute Gasteiger partial charge is 0.0451 e. The molecule has 0 aliphatic rings. The van der Waals surface area contributed by atoms with Gasteiger partial charge in [0, 0.05) is 30.5 Å². The van der Waals surface area contributed by atoms with Crippen LogP contribution in [0.15, 0.2) is 48.8 Å². The highest BCUT2D eigenvalue weighted by atomic mass is 35.5. The highest BCUT2D eigenvalue weighted by molar-refractivity contribution is 6.31. The first-order chi connectivity index (χ1) is 8.79. The third kappa shape index (κ3) is 3.56. The molecule has 2 rings (SSSR count).